The third-order valence-electron chi connectivity index (χ3n) is 3.57. The van der Waals surface area contributed by atoms with Crippen molar-refractivity contribution in [1.82, 2.24) is 15.3 Å². The lowest BCUT2D eigenvalue weighted by Gasteiger charge is -2.20. The van der Waals surface area contributed by atoms with Crippen molar-refractivity contribution >= 4 is 47.2 Å². The van der Waals surface area contributed by atoms with Gasteiger partial charge in [-0.3, -0.25) is 9.78 Å². The van der Waals surface area contributed by atoms with Gasteiger partial charge in [0.05, 0.1) is 11.1 Å². The summed E-state index contributed by atoms with van der Waals surface area (Å²) in [5, 5.41) is 8.68. The van der Waals surface area contributed by atoms with E-state index in [1.54, 1.807) is 6.20 Å². The van der Waals surface area contributed by atoms with Crippen LogP contribution in [-0.4, -0.2) is 29.0 Å². The van der Waals surface area contributed by atoms with Gasteiger partial charge in [-0.15, -0.1) is 36.2 Å². The average Bonchev–Trinajstić information content (AvgIpc) is 3.10. The summed E-state index contributed by atoms with van der Waals surface area (Å²) in [5.74, 6) is 0.0319. The van der Waals surface area contributed by atoms with Gasteiger partial charge in [-0.05, 0) is 32.0 Å². The predicted octanol–water partition coefficient (Wildman–Crippen LogP) is 2.99. The lowest BCUT2D eigenvalue weighted by molar-refractivity contribution is -0.123. The third-order valence-corrected chi connectivity index (χ3v) is 4.33. The second-order valence-electron chi connectivity index (χ2n) is 5.19. The fraction of sp³-hybridized carbons (Fsp3) is 0.357. The molecule has 1 amide bonds. The molecular weight excluding hydrogens is 343 g/mol. The molecule has 3 rings (SSSR count). The van der Waals surface area contributed by atoms with Crippen molar-refractivity contribution in [3.63, 3.8) is 0 Å². The molecule has 8 heteroatoms. The van der Waals surface area contributed by atoms with Gasteiger partial charge in [0.1, 0.15) is 5.69 Å². The van der Waals surface area contributed by atoms with Crippen molar-refractivity contribution in [1.29, 1.82) is 0 Å². The Labute approximate surface area is 145 Å². The predicted molar refractivity (Wildman–Crippen MR) is 94.1 cm³/mol. The SMILES string of the molecule is CC1(C(=O)Nc2nc(-c3ccccn3)cs2)CCNC1.Cl.Cl. The van der Waals surface area contributed by atoms with Crippen molar-refractivity contribution in [3.05, 3.63) is 29.8 Å². The van der Waals surface area contributed by atoms with Gasteiger partial charge in [0.25, 0.3) is 0 Å². The van der Waals surface area contributed by atoms with E-state index < -0.39 is 0 Å². The van der Waals surface area contributed by atoms with Crippen LogP contribution >= 0.6 is 36.2 Å². The minimum Gasteiger partial charge on any atom is -0.316 e. The number of halogens is 2. The Morgan fingerprint density at radius 2 is 2.18 bits per heavy atom. The zero-order valence-corrected chi connectivity index (χ0v) is 14.5. The molecule has 1 saturated heterocycles. The van der Waals surface area contributed by atoms with Gasteiger partial charge in [0, 0.05) is 18.1 Å². The molecule has 1 atom stereocenters. The van der Waals surface area contributed by atoms with Gasteiger partial charge >= 0.3 is 0 Å². The molecule has 0 saturated carbocycles. The highest BCUT2D eigenvalue weighted by molar-refractivity contribution is 7.14. The average molecular weight is 361 g/mol. The summed E-state index contributed by atoms with van der Waals surface area (Å²) < 4.78 is 0. The van der Waals surface area contributed by atoms with Crippen LogP contribution < -0.4 is 10.6 Å². The topological polar surface area (TPSA) is 66.9 Å². The van der Waals surface area contributed by atoms with Crippen LogP contribution in [0.5, 0.6) is 0 Å². The number of aromatic nitrogens is 2. The van der Waals surface area contributed by atoms with Crippen LogP contribution in [0.4, 0.5) is 5.13 Å². The third kappa shape index (κ3) is 3.95. The molecule has 0 aromatic carbocycles. The van der Waals surface area contributed by atoms with Crippen molar-refractivity contribution in [2.24, 2.45) is 5.41 Å². The molecule has 1 unspecified atom stereocenters. The van der Waals surface area contributed by atoms with Crippen molar-refractivity contribution < 1.29 is 4.79 Å². The highest BCUT2D eigenvalue weighted by Gasteiger charge is 2.36. The second kappa shape index (κ2) is 7.87. The molecule has 5 nitrogen and oxygen atoms in total. The van der Waals surface area contributed by atoms with E-state index in [1.165, 1.54) is 11.3 Å². The first-order chi connectivity index (χ1) is 9.67. The van der Waals surface area contributed by atoms with Crippen LogP contribution in [0.1, 0.15) is 13.3 Å². The molecule has 3 heterocycles. The monoisotopic (exact) mass is 360 g/mol. The van der Waals surface area contributed by atoms with E-state index in [1.807, 2.05) is 30.5 Å². The fourth-order valence-electron chi connectivity index (χ4n) is 2.22. The molecule has 0 bridgehead atoms. The van der Waals surface area contributed by atoms with Crippen molar-refractivity contribution in [2.75, 3.05) is 18.4 Å². The molecule has 2 aromatic rings. The first kappa shape index (κ1) is 18.8. The molecule has 0 spiro atoms. The minimum atomic E-state index is -0.336. The number of carbonyl (C=O) groups excluding carboxylic acids is 1. The summed E-state index contributed by atoms with van der Waals surface area (Å²) in [7, 11) is 0. The molecule has 0 aliphatic carbocycles. The number of hydrogen-bond donors (Lipinski definition) is 2. The summed E-state index contributed by atoms with van der Waals surface area (Å²) in [6.07, 6.45) is 2.59. The molecule has 0 radical (unpaired) electrons. The quantitative estimate of drug-likeness (QED) is 0.882. The number of amides is 1. The zero-order chi connectivity index (χ0) is 14.0. The lowest BCUT2D eigenvalue weighted by atomic mass is 9.89. The van der Waals surface area contributed by atoms with Gasteiger partial charge in [0.2, 0.25) is 5.91 Å². The van der Waals surface area contributed by atoms with E-state index in [2.05, 4.69) is 20.6 Å². The first-order valence-electron chi connectivity index (χ1n) is 6.56. The number of rotatable bonds is 3. The van der Waals surface area contributed by atoms with Crippen LogP contribution in [0.25, 0.3) is 11.4 Å². The van der Waals surface area contributed by atoms with Gasteiger partial charge < -0.3 is 10.6 Å². The summed E-state index contributed by atoms with van der Waals surface area (Å²) in [6.45, 7) is 3.59. The highest BCUT2D eigenvalue weighted by Crippen LogP contribution is 2.28. The maximum Gasteiger partial charge on any atom is 0.233 e. The van der Waals surface area contributed by atoms with Gasteiger partial charge in [-0.25, -0.2) is 4.98 Å². The Bertz CT molecular complexity index is 614. The Balaban J connectivity index is 0.00000121. The molecule has 1 aliphatic rings. The Hall–Kier alpha value is -1.21. The van der Waals surface area contributed by atoms with Gasteiger partial charge in [0.15, 0.2) is 5.13 Å². The molecule has 1 aliphatic heterocycles. The van der Waals surface area contributed by atoms with Crippen LogP contribution in [0, 0.1) is 5.41 Å². The van der Waals surface area contributed by atoms with E-state index >= 15 is 0 Å². The van der Waals surface area contributed by atoms with E-state index in [4.69, 9.17) is 0 Å². The standard InChI is InChI=1S/C14H16N4OS.2ClH/c1-14(5-7-15-9-14)12(19)18-13-17-11(8-20-13)10-4-2-3-6-16-10;;/h2-4,6,8,15H,5,7,9H2,1H3,(H,17,18,19);2*1H. The first-order valence-corrected chi connectivity index (χ1v) is 7.44. The lowest BCUT2D eigenvalue weighted by Crippen LogP contribution is -2.35. The molecule has 22 heavy (non-hydrogen) atoms. The summed E-state index contributed by atoms with van der Waals surface area (Å²) in [4.78, 5) is 21.0. The number of hydrogen-bond acceptors (Lipinski definition) is 5. The number of anilines is 1. The molecule has 2 N–H and O–H groups in total. The maximum absolute atomic E-state index is 12.3. The zero-order valence-electron chi connectivity index (χ0n) is 12.0. The van der Waals surface area contributed by atoms with E-state index in [0.717, 1.165) is 30.9 Å². The van der Waals surface area contributed by atoms with E-state index in [-0.39, 0.29) is 36.1 Å². The van der Waals surface area contributed by atoms with Crippen molar-refractivity contribution in [3.8, 4) is 11.4 Å². The summed E-state index contributed by atoms with van der Waals surface area (Å²) >= 11 is 1.43. The normalized spacial score (nSPS) is 19.9. The van der Waals surface area contributed by atoms with Crippen LogP contribution in [-0.2, 0) is 4.79 Å². The number of pyridine rings is 1. The molecule has 2 aromatic heterocycles. The van der Waals surface area contributed by atoms with Crippen LogP contribution in [0.15, 0.2) is 29.8 Å². The van der Waals surface area contributed by atoms with Gasteiger partial charge in [-0.1, -0.05) is 6.07 Å². The molecular formula is C14H18Cl2N4OS. The largest absolute Gasteiger partial charge is 0.316 e. The summed E-state index contributed by atoms with van der Waals surface area (Å²) in [6, 6.07) is 5.69. The van der Waals surface area contributed by atoms with Crippen LogP contribution in [0.2, 0.25) is 0 Å². The van der Waals surface area contributed by atoms with E-state index in [9.17, 15) is 4.79 Å². The number of nitrogens with zero attached hydrogens (tertiary/aromatic N) is 2. The molecule has 120 valence electrons. The maximum atomic E-state index is 12.3. The highest BCUT2D eigenvalue weighted by atomic mass is 35.5. The molecule has 1 fully saturated rings. The Morgan fingerprint density at radius 1 is 1.36 bits per heavy atom. The second-order valence-corrected chi connectivity index (χ2v) is 6.05. The van der Waals surface area contributed by atoms with Crippen LogP contribution in [0.3, 0.4) is 0 Å². The van der Waals surface area contributed by atoms with E-state index in [0.29, 0.717) is 5.13 Å². The number of nitrogens with one attached hydrogen (secondary N) is 2. The fourth-order valence-corrected chi connectivity index (χ4v) is 2.92. The summed E-state index contributed by atoms with van der Waals surface area (Å²) in [5.41, 5.74) is 1.27. The van der Waals surface area contributed by atoms with Gasteiger partial charge in [-0.2, -0.15) is 0 Å². The number of thiazole rings is 1. The smallest absolute Gasteiger partial charge is 0.233 e. The Morgan fingerprint density at radius 3 is 2.82 bits per heavy atom. The number of carbonyl (C=O) groups is 1. The Kier molecular flexibility index (Phi) is 6.74. The van der Waals surface area contributed by atoms with Crippen molar-refractivity contribution in [2.45, 2.75) is 13.3 Å². The minimum absolute atomic E-state index is 0.